The number of fused-ring (bicyclic) bond motifs is 2. The second-order valence-electron chi connectivity index (χ2n) is 4.71. The van der Waals surface area contributed by atoms with Crippen molar-refractivity contribution in [1.82, 2.24) is 4.90 Å². The minimum atomic E-state index is 0.0758. The molecule has 3 nitrogen and oxygen atoms in total. The van der Waals surface area contributed by atoms with Crippen LogP contribution in [0.2, 0.25) is 0 Å². The molecule has 2 unspecified atom stereocenters. The molecule has 90 valence electrons. The molecule has 2 aliphatic heterocycles. The number of anilines is 1. The Bertz CT molecular complexity index is 423. The summed E-state index contributed by atoms with van der Waals surface area (Å²) in [6.45, 7) is 1.77. The maximum Gasteiger partial charge on any atom is 0.237 e. The van der Waals surface area contributed by atoms with E-state index in [0.29, 0.717) is 12.1 Å². The molecule has 17 heavy (non-hydrogen) atoms. The molecular formula is C13H15ClN2O. The summed E-state index contributed by atoms with van der Waals surface area (Å²) < 4.78 is 0. The number of halogens is 1. The number of nitrogens with zero attached hydrogens (tertiary/aromatic N) is 2. The summed E-state index contributed by atoms with van der Waals surface area (Å²) in [5, 5.41) is 0. The van der Waals surface area contributed by atoms with E-state index < -0.39 is 0 Å². The van der Waals surface area contributed by atoms with Gasteiger partial charge in [0, 0.05) is 24.8 Å². The van der Waals surface area contributed by atoms with Crippen molar-refractivity contribution < 1.29 is 4.79 Å². The second-order valence-corrected chi connectivity index (χ2v) is 4.98. The third-order valence-electron chi connectivity index (χ3n) is 3.76. The predicted molar refractivity (Wildman–Crippen MR) is 68.4 cm³/mol. The topological polar surface area (TPSA) is 23.6 Å². The van der Waals surface area contributed by atoms with Crippen molar-refractivity contribution in [3.05, 3.63) is 30.3 Å². The van der Waals surface area contributed by atoms with Crippen LogP contribution in [0.15, 0.2) is 30.3 Å². The Morgan fingerprint density at radius 1 is 1.24 bits per heavy atom. The van der Waals surface area contributed by atoms with Gasteiger partial charge >= 0.3 is 0 Å². The fraction of sp³-hybridized carbons (Fsp3) is 0.462. The number of rotatable bonds is 2. The summed E-state index contributed by atoms with van der Waals surface area (Å²) in [6.07, 6.45) is 1.08. The normalized spacial score (nSPS) is 26.6. The van der Waals surface area contributed by atoms with Crippen LogP contribution in [-0.2, 0) is 4.79 Å². The zero-order valence-electron chi connectivity index (χ0n) is 9.55. The SMILES string of the molecule is O=C(CCl)N1CC2CC1CN2c1ccccc1. The van der Waals surface area contributed by atoms with E-state index in [1.54, 1.807) is 0 Å². The van der Waals surface area contributed by atoms with Crippen LogP contribution in [0, 0.1) is 0 Å². The summed E-state index contributed by atoms with van der Waals surface area (Å²) in [4.78, 5) is 16.0. The number of alkyl halides is 1. The van der Waals surface area contributed by atoms with Crippen molar-refractivity contribution in [2.75, 3.05) is 23.9 Å². The molecule has 1 aromatic rings. The Kier molecular flexibility index (Phi) is 2.71. The van der Waals surface area contributed by atoms with Gasteiger partial charge in [-0.15, -0.1) is 11.6 Å². The lowest BCUT2D eigenvalue weighted by Crippen LogP contribution is -2.49. The van der Waals surface area contributed by atoms with E-state index in [2.05, 4.69) is 29.2 Å². The molecule has 2 saturated heterocycles. The largest absolute Gasteiger partial charge is 0.365 e. The first-order valence-corrected chi connectivity index (χ1v) is 6.50. The van der Waals surface area contributed by atoms with E-state index in [1.165, 1.54) is 5.69 Å². The van der Waals surface area contributed by atoms with Crippen LogP contribution in [-0.4, -0.2) is 41.9 Å². The molecule has 4 heteroatoms. The average molecular weight is 251 g/mol. The maximum atomic E-state index is 11.6. The Morgan fingerprint density at radius 3 is 2.59 bits per heavy atom. The molecule has 2 bridgehead atoms. The molecule has 2 fully saturated rings. The van der Waals surface area contributed by atoms with Crippen LogP contribution < -0.4 is 4.90 Å². The summed E-state index contributed by atoms with van der Waals surface area (Å²) in [5.41, 5.74) is 1.26. The number of likely N-dealkylation sites (tertiary alicyclic amines) is 1. The summed E-state index contributed by atoms with van der Waals surface area (Å²) in [5.74, 6) is 0.182. The lowest BCUT2D eigenvalue weighted by atomic mass is 10.2. The lowest BCUT2D eigenvalue weighted by molar-refractivity contribution is -0.129. The highest BCUT2D eigenvalue weighted by Gasteiger charge is 2.44. The van der Waals surface area contributed by atoms with Crippen LogP contribution in [0.4, 0.5) is 5.69 Å². The number of carbonyl (C=O) groups is 1. The van der Waals surface area contributed by atoms with Gasteiger partial charge in [0.2, 0.25) is 5.91 Å². The zero-order chi connectivity index (χ0) is 11.8. The molecule has 0 radical (unpaired) electrons. The Balaban J connectivity index is 1.74. The van der Waals surface area contributed by atoms with Crippen molar-refractivity contribution >= 4 is 23.2 Å². The molecule has 0 N–H and O–H groups in total. The number of amides is 1. The summed E-state index contributed by atoms with van der Waals surface area (Å²) in [6, 6.07) is 11.2. The Labute approximate surface area is 106 Å². The first kappa shape index (κ1) is 10.9. The van der Waals surface area contributed by atoms with Gasteiger partial charge in [-0.25, -0.2) is 0 Å². The van der Waals surface area contributed by atoms with Gasteiger partial charge in [0.1, 0.15) is 5.88 Å². The average Bonchev–Trinajstić information content (AvgIpc) is 2.98. The van der Waals surface area contributed by atoms with Crippen molar-refractivity contribution in [3.63, 3.8) is 0 Å². The molecule has 1 amide bonds. The fourth-order valence-electron chi connectivity index (χ4n) is 2.98. The monoisotopic (exact) mass is 250 g/mol. The highest BCUT2D eigenvalue weighted by Crippen LogP contribution is 2.34. The van der Waals surface area contributed by atoms with E-state index in [9.17, 15) is 4.79 Å². The fourth-order valence-corrected chi connectivity index (χ4v) is 3.14. The number of benzene rings is 1. The second kappa shape index (κ2) is 4.22. The standard InChI is InChI=1S/C13H15ClN2O/c14-7-13(17)16-9-11-6-12(16)8-15(11)10-4-2-1-3-5-10/h1-5,11-12H,6-9H2. The van der Waals surface area contributed by atoms with Crippen LogP contribution >= 0.6 is 11.6 Å². The molecule has 1 aromatic carbocycles. The van der Waals surface area contributed by atoms with Gasteiger partial charge in [0.25, 0.3) is 0 Å². The van der Waals surface area contributed by atoms with Gasteiger partial charge in [0.05, 0.1) is 6.04 Å². The number of piperazine rings is 1. The van der Waals surface area contributed by atoms with Gasteiger partial charge in [0.15, 0.2) is 0 Å². The van der Waals surface area contributed by atoms with Crippen LogP contribution in [0.5, 0.6) is 0 Å². The predicted octanol–water partition coefficient (Wildman–Crippen LogP) is 1.71. The van der Waals surface area contributed by atoms with Gasteiger partial charge in [-0.3, -0.25) is 4.79 Å². The third-order valence-corrected chi connectivity index (χ3v) is 3.99. The Hall–Kier alpha value is -1.22. The van der Waals surface area contributed by atoms with Gasteiger partial charge in [-0.2, -0.15) is 0 Å². The molecule has 0 aromatic heterocycles. The smallest absolute Gasteiger partial charge is 0.237 e. The van der Waals surface area contributed by atoms with E-state index in [-0.39, 0.29) is 11.8 Å². The Morgan fingerprint density at radius 2 is 2.00 bits per heavy atom. The highest BCUT2D eigenvalue weighted by atomic mass is 35.5. The molecule has 0 spiro atoms. The lowest BCUT2D eigenvalue weighted by Gasteiger charge is -2.35. The van der Waals surface area contributed by atoms with E-state index in [4.69, 9.17) is 11.6 Å². The molecule has 2 heterocycles. The van der Waals surface area contributed by atoms with Crippen molar-refractivity contribution in [2.24, 2.45) is 0 Å². The van der Waals surface area contributed by atoms with Gasteiger partial charge < -0.3 is 9.80 Å². The molecule has 0 saturated carbocycles. The van der Waals surface area contributed by atoms with Crippen LogP contribution in [0.25, 0.3) is 0 Å². The first-order valence-electron chi connectivity index (χ1n) is 5.96. The molecular weight excluding hydrogens is 236 g/mol. The van der Waals surface area contributed by atoms with Crippen LogP contribution in [0.3, 0.4) is 0 Å². The van der Waals surface area contributed by atoms with Gasteiger partial charge in [-0.1, -0.05) is 18.2 Å². The summed E-state index contributed by atoms with van der Waals surface area (Å²) in [7, 11) is 0. The molecule has 3 rings (SSSR count). The number of hydrogen-bond donors (Lipinski definition) is 0. The van der Waals surface area contributed by atoms with Crippen molar-refractivity contribution in [3.8, 4) is 0 Å². The molecule has 2 aliphatic rings. The summed E-state index contributed by atoms with van der Waals surface area (Å²) >= 11 is 5.62. The minimum absolute atomic E-state index is 0.0758. The molecule has 0 aliphatic carbocycles. The first-order chi connectivity index (χ1) is 8.29. The number of carbonyl (C=O) groups excluding carboxylic acids is 1. The van der Waals surface area contributed by atoms with E-state index >= 15 is 0 Å². The van der Waals surface area contributed by atoms with Crippen molar-refractivity contribution in [1.29, 1.82) is 0 Å². The van der Waals surface area contributed by atoms with Crippen LogP contribution in [0.1, 0.15) is 6.42 Å². The molecule has 2 atom stereocenters. The minimum Gasteiger partial charge on any atom is -0.365 e. The van der Waals surface area contributed by atoms with Crippen molar-refractivity contribution in [2.45, 2.75) is 18.5 Å². The number of hydrogen-bond acceptors (Lipinski definition) is 2. The maximum absolute atomic E-state index is 11.6. The quantitative estimate of drug-likeness (QED) is 0.747. The highest BCUT2D eigenvalue weighted by molar-refractivity contribution is 6.27. The van der Waals surface area contributed by atoms with E-state index in [1.807, 2.05) is 11.0 Å². The van der Waals surface area contributed by atoms with E-state index in [0.717, 1.165) is 19.5 Å². The number of para-hydroxylation sites is 1. The van der Waals surface area contributed by atoms with Gasteiger partial charge in [-0.05, 0) is 18.6 Å². The zero-order valence-corrected chi connectivity index (χ0v) is 10.3. The third kappa shape index (κ3) is 1.78.